The first-order chi connectivity index (χ1) is 10.6. The van der Waals surface area contributed by atoms with Crippen molar-refractivity contribution in [1.82, 2.24) is 14.9 Å². The molecule has 6 nitrogen and oxygen atoms in total. The van der Waals surface area contributed by atoms with Crippen molar-refractivity contribution in [2.24, 2.45) is 16.8 Å². The second kappa shape index (κ2) is 10.00. The van der Waals surface area contributed by atoms with E-state index in [2.05, 4.69) is 29.5 Å². The number of halogens is 4. The van der Waals surface area contributed by atoms with Gasteiger partial charge in [0.1, 0.15) is 0 Å². The molecular weight excluding hydrogens is 460 g/mol. The Hall–Kier alpha value is -0.300. The highest BCUT2D eigenvalue weighted by atomic mass is 127. The number of aliphatic imine (C=N–C) groups is 1. The van der Waals surface area contributed by atoms with Crippen LogP contribution in [0.2, 0.25) is 0 Å². The largest absolute Gasteiger partial charge is 0.511 e. The summed E-state index contributed by atoms with van der Waals surface area (Å²) >= 11 is 0. The van der Waals surface area contributed by atoms with E-state index in [1.165, 1.54) is 0 Å². The molecule has 0 aromatic heterocycles. The number of nitrogens with zero attached hydrogens (tertiary/aromatic N) is 2. The maximum atomic E-state index is 12.5. The molecule has 0 unspecified atom stereocenters. The first kappa shape index (κ1) is 23.7. The van der Waals surface area contributed by atoms with E-state index in [4.69, 9.17) is 0 Å². The van der Waals surface area contributed by atoms with Crippen molar-refractivity contribution in [3.05, 3.63) is 0 Å². The molecular formula is C13H26F3IN4O2S. The zero-order valence-electron chi connectivity index (χ0n) is 14.1. The summed E-state index contributed by atoms with van der Waals surface area (Å²) in [7, 11) is -3.55. The maximum Gasteiger partial charge on any atom is 0.511 e. The number of hydrogen-bond acceptors (Lipinski definition) is 3. The summed E-state index contributed by atoms with van der Waals surface area (Å²) < 4.78 is 60.7. The first-order valence-electron chi connectivity index (χ1n) is 7.59. The first-order valence-corrected chi connectivity index (χ1v) is 9.03. The lowest BCUT2D eigenvalue weighted by atomic mass is 9.98. The van der Waals surface area contributed by atoms with E-state index in [-0.39, 0.29) is 43.0 Å². The van der Waals surface area contributed by atoms with Gasteiger partial charge in [-0.25, -0.2) is 8.42 Å². The third kappa shape index (κ3) is 6.90. The molecule has 2 N–H and O–H groups in total. The fourth-order valence-electron chi connectivity index (χ4n) is 2.26. The highest BCUT2D eigenvalue weighted by molar-refractivity contribution is 14.0. The third-order valence-electron chi connectivity index (χ3n) is 3.67. The minimum absolute atomic E-state index is 0. The van der Waals surface area contributed by atoms with E-state index < -0.39 is 15.5 Å². The van der Waals surface area contributed by atoms with Gasteiger partial charge in [-0.2, -0.15) is 17.5 Å². The fraction of sp³-hybridized carbons (Fsp3) is 0.923. The number of hydrogen-bond donors (Lipinski definition) is 2. The summed E-state index contributed by atoms with van der Waals surface area (Å²) in [6.45, 7) is 5.24. The van der Waals surface area contributed by atoms with Crippen LogP contribution in [0.4, 0.5) is 13.2 Å². The fourth-order valence-corrected chi connectivity index (χ4v) is 3.25. The van der Waals surface area contributed by atoms with E-state index in [1.54, 1.807) is 7.05 Å². The SMILES string of the molecule is CN=C(NCC(C)C)NCC1CCN(S(=O)(=O)C(F)(F)F)CC1.I. The van der Waals surface area contributed by atoms with Gasteiger partial charge in [0.25, 0.3) is 0 Å². The monoisotopic (exact) mass is 486 g/mol. The topological polar surface area (TPSA) is 73.8 Å². The molecule has 0 spiro atoms. The average molecular weight is 486 g/mol. The van der Waals surface area contributed by atoms with E-state index in [1.807, 2.05) is 0 Å². The number of sulfonamides is 1. The average Bonchev–Trinajstić information content (AvgIpc) is 2.46. The van der Waals surface area contributed by atoms with Crippen LogP contribution in [0, 0.1) is 11.8 Å². The zero-order chi connectivity index (χ0) is 17.7. The summed E-state index contributed by atoms with van der Waals surface area (Å²) in [5.41, 5.74) is -5.22. The molecule has 1 heterocycles. The minimum Gasteiger partial charge on any atom is -0.356 e. The van der Waals surface area contributed by atoms with Gasteiger partial charge < -0.3 is 10.6 Å². The van der Waals surface area contributed by atoms with Crippen LogP contribution in [-0.4, -0.2) is 57.4 Å². The van der Waals surface area contributed by atoms with Gasteiger partial charge in [0.15, 0.2) is 5.96 Å². The number of nitrogens with one attached hydrogen (secondary N) is 2. The van der Waals surface area contributed by atoms with Crippen molar-refractivity contribution in [3.63, 3.8) is 0 Å². The van der Waals surface area contributed by atoms with E-state index >= 15 is 0 Å². The van der Waals surface area contributed by atoms with Gasteiger partial charge in [0.2, 0.25) is 0 Å². The number of guanidine groups is 1. The van der Waals surface area contributed by atoms with Gasteiger partial charge in [-0.3, -0.25) is 4.99 Å². The number of rotatable bonds is 5. The Morgan fingerprint density at radius 2 is 1.79 bits per heavy atom. The molecule has 1 fully saturated rings. The molecule has 0 bridgehead atoms. The van der Waals surface area contributed by atoms with Crippen molar-refractivity contribution in [2.45, 2.75) is 32.2 Å². The van der Waals surface area contributed by atoms with Crippen molar-refractivity contribution < 1.29 is 21.6 Å². The lowest BCUT2D eigenvalue weighted by Gasteiger charge is -2.31. The summed E-state index contributed by atoms with van der Waals surface area (Å²) in [5.74, 6) is 1.22. The van der Waals surface area contributed by atoms with Crippen LogP contribution in [0.5, 0.6) is 0 Å². The van der Waals surface area contributed by atoms with E-state index in [0.717, 1.165) is 6.54 Å². The highest BCUT2D eigenvalue weighted by Gasteiger charge is 2.50. The molecule has 1 aliphatic heterocycles. The van der Waals surface area contributed by atoms with Crippen LogP contribution < -0.4 is 10.6 Å². The van der Waals surface area contributed by atoms with E-state index in [0.29, 0.717) is 35.6 Å². The standard InChI is InChI=1S/C13H25F3N4O2S.HI/c1-10(2)8-18-12(17-3)19-9-11-4-6-20(7-5-11)23(21,22)13(14,15)16;/h10-11H,4-9H2,1-3H3,(H2,17,18,19);1H. The number of alkyl halides is 3. The Morgan fingerprint density at radius 3 is 2.21 bits per heavy atom. The quantitative estimate of drug-likeness (QED) is 0.354. The summed E-state index contributed by atoms with van der Waals surface area (Å²) in [6, 6.07) is 0. The summed E-state index contributed by atoms with van der Waals surface area (Å²) in [4.78, 5) is 4.07. The summed E-state index contributed by atoms with van der Waals surface area (Å²) in [6.07, 6.45) is 0.785. The molecule has 11 heteroatoms. The van der Waals surface area contributed by atoms with Gasteiger partial charge in [0, 0.05) is 33.2 Å². The molecule has 0 saturated carbocycles. The molecule has 1 aliphatic rings. The Kier molecular flexibility index (Phi) is 9.87. The predicted molar refractivity (Wildman–Crippen MR) is 98.9 cm³/mol. The van der Waals surface area contributed by atoms with Crippen molar-refractivity contribution in [3.8, 4) is 0 Å². The Labute approximate surface area is 158 Å². The lowest BCUT2D eigenvalue weighted by molar-refractivity contribution is -0.0496. The molecule has 0 aromatic carbocycles. The molecule has 0 aliphatic carbocycles. The van der Waals surface area contributed by atoms with Crippen LogP contribution >= 0.6 is 24.0 Å². The Morgan fingerprint density at radius 1 is 1.25 bits per heavy atom. The van der Waals surface area contributed by atoms with Crippen LogP contribution in [0.3, 0.4) is 0 Å². The number of piperidine rings is 1. The van der Waals surface area contributed by atoms with Crippen molar-refractivity contribution >= 4 is 40.0 Å². The third-order valence-corrected chi connectivity index (χ3v) is 5.30. The minimum atomic E-state index is -5.22. The van der Waals surface area contributed by atoms with Crippen LogP contribution in [-0.2, 0) is 10.0 Å². The van der Waals surface area contributed by atoms with Gasteiger partial charge in [0.05, 0.1) is 0 Å². The summed E-state index contributed by atoms with van der Waals surface area (Å²) in [5, 5.41) is 6.27. The zero-order valence-corrected chi connectivity index (χ0v) is 17.2. The van der Waals surface area contributed by atoms with Crippen LogP contribution in [0.1, 0.15) is 26.7 Å². The van der Waals surface area contributed by atoms with Gasteiger partial charge in [-0.1, -0.05) is 13.8 Å². The highest BCUT2D eigenvalue weighted by Crippen LogP contribution is 2.30. The van der Waals surface area contributed by atoms with Crippen LogP contribution in [0.25, 0.3) is 0 Å². The van der Waals surface area contributed by atoms with Gasteiger partial charge in [-0.15, -0.1) is 24.0 Å². The Balaban J connectivity index is 0.00000529. The maximum absolute atomic E-state index is 12.5. The molecule has 1 rings (SSSR count). The predicted octanol–water partition coefficient (Wildman–Crippen LogP) is 1.99. The van der Waals surface area contributed by atoms with Gasteiger partial charge in [-0.05, 0) is 24.7 Å². The normalized spacial score (nSPS) is 18.4. The van der Waals surface area contributed by atoms with Crippen LogP contribution in [0.15, 0.2) is 4.99 Å². The molecule has 24 heavy (non-hydrogen) atoms. The molecule has 0 atom stereocenters. The lowest BCUT2D eigenvalue weighted by Crippen LogP contribution is -2.47. The van der Waals surface area contributed by atoms with Crippen molar-refractivity contribution in [2.75, 3.05) is 33.2 Å². The Bertz CT molecular complexity index is 504. The van der Waals surface area contributed by atoms with Crippen molar-refractivity contribution in [1.29, 1.82) is 0 Å². The van der Waals surface area contributed by atoms with Gasteiger partial charge >= 0.3 is 15.5 Å². The second-order valence-corrected chi connectivity index (χ2v) is 7.95. The second-order valence-electron chi connectivity index (χ2n) is 6.02. The molecule has 1 saturated heterocycles. The smallest absolute Gasteiger partial charge is 0.356 e. The molecule has 0 aromatic rings. The molecule has 144 valence electrons. The van der Waals surface area contributed by atoms with E-state index in [9.17, 15) is 21.6 Å². The molecule has 0 radical (unpaired) electrons. The molecule has 0 amide bonds.